The molecule has 0 saturated heterocycles. The maximum Gasteiger partial charge on any atom is 0.241 e. The summed E-state index contributed by atoms with van der Waals surface area (Å²) in [5.41, 5.74) is 11.1. The first kappa shape index (κ1) is 23.6. The van der Waals surface area contributed by atoms with Crippen LogP contribution in [0.3, 0.4) is 0 Å². The average molecular weight is 456 g/mol. The van der Waals surface area contributed by atoms with Gasteiger partial charge in [0.1, 0.15) is 5.75 Å². The Morgan fingerprint density at radius 3 is 2.38 bits per heavy atom. The number of aromatic nitrogens is 1. The fourth-order valence-electron chi connectivity index (χ4n) is 3.43. The number of aryl methyl sites for hydroxylation is 1. The smallest absolute Gasteiger partial charge is 0.241 e. The Morgan fingerprint density at radius 1 is 1.03 bits per heavy atom. The highest BCUT2D eigenvalue weighted by atomic mass is 32.1. The van der Waals surface area contributed by atoms with Gasteiger partial charge in [-0.2, -0.15) is 4.37 Å². The van der Waals surface area contributed by atoms with Gasteiger partial charge in [-0.3, -0.25) is 4.79 Å². The predicted octanol–water partition coefficient (Wildman–Crippen LogP) is 4.73. The summed E-state index contributed by atoms with van der Waals surface area (Å²) in [5.74, 6) is 1.67. The third kappa shape index (κ3) is 4.71. The van der Waals surface area contributed by atoms with Crippen molar-refractivity contribution < 1.29 is 19.0 Å². The first-order valence-electron chi connectivity index (χ1n) is 10.2. The number of anilines is 1. The highest BCUT2D eigenvalue weighted by Gasteiger charge is 2.20. The number of rotatable bonds is 8. The first-order valence-corrected chi connectivity index (χ1v) is 11.1. The van der Waals surface area contributed by atoms with E-state index in [1.54, 1.807) is 21.3 Å². The Morgan fingerprint density at radius 2 is 1.75 bits per heavy atom. The fraction of sp³-hybridized carbons (Fsp3) is 0.333. The van der Waals surface area contributed by atoms with Gasteiger partial charge in [0.15, 0.2) is 11.5 Å². The summed E-state index contributed by atoms with van der Waals surface area (Å²) in [6.07, 6.45) is 0. The summed E-state index contributed by atoms with van der Waals surface area (Å²) in [7, 11) is 4.80. The van der Waals surface area contributed by atoms with Crippen LogP contribution in [0.1, 0.15) is 19.4 Å². The van der Waals surface area contributed by atoms with E-state index in [4.69, 9.17) is 19.9 Å². The highest BCUT2D eigenvalue weighted by molar-refractivity contribution is 7.04. The number of hydrogen-bond donors (Lipinski definition) is 2. The quantitative estimate of drug-likeness (QED) is 0.510. The molecule has 1 heterocycles. The lowest BCUT2D eigenvalue weighted by Crippen LogP contribution is -2.39. The van der Waals surface area contributed by atoms with Crippen LogP contribution in [-0.2, 0) is 4.79 Å². The summed E-state index contributed by atoms with van der Waals surface area (Å²) in [6, 6.07) is 8.97. The van der Waals surface area contributed by atoms with Gasteiger partial charge in [0.25, 0.3) is 0 Å². The zero-order valence-electron chi connectivity index (χ0n) is 19.2. The minimum Gasteiger partial charge on any atom is -0.495 e. The monoisotopic (exact) mass is 455 g/mol. The number of nitrogens with two attached hydrogens (primary N) is 1. The molecule has 1 amide bonds. The summed E-state index contributed by atoms with van der Waals surface area (Å²) >= 11 is 1.36. The second-order valence-electron chi connectivity index (χ2n) is 7.78. The number of carbonyl (C=O) groups is 1. The molecule has 2 aromatic carbocycles. The van der Waals surface area contributed by atoms with Gasteiger partial charge in [0, 0.05) is 16.5 Å². The van der Waals surface area contributed by atoms with E-state index in [-0.39, 0.29) is 11.8 Å². The molecular weight excluding hydrogens is 426 g/mol. The Labute approximate surface area is 192 Å². The number of hydrogen-bond acceptors (Lipinski definition) is 7. The number of nitrogens with zero attached hydrogens (tertiary/aromatic N) is 1. The molecule has 0 fully saturated rings. The van der Waals surface area contributed by atoms with Crippen molar-refractivity contribution in [2.45, 2.75) is 26.8 Å². The molecule has 0 saturated carbocycles. The van der Waals surface area contributed by atoms with E-state index in [0.717, 1.165) is 27.9 Å². The molecule has 0 aliphatic carbocycles. The van der Waals surface area contributed by atoms with Crippen LogP contribution in [0.5, 0.6) is 17.2 Å². The Kier molecular flexibility index (Phi) is 7.37. The molecule has 0 spiro atoms. The number of methoxy groups -OCH3 is 3. The predicted molar refractivity (Wildman–Crippen MR) is 129 cm³/mol. The topological polar surface area (TPSA) is 95.7 Å². The van der Waals surface area contributed by atoms with E-state index in [1.165, 1.54) is 11.5 Å². The Hall–Kier alpha value is -3.10. The van der Waals surface area contributed by atoms with E-state index >= 15 is 0 Å². The lowest BCUT2D eigenvalue weighted by Gasteiger charge is -2.17. The van der Waals surface area contributed by atoms with Gasteiger partial charge in [-0.1, -0.05) is 19.9 Å². The minimum atomic E-state index is -0.614. The van der Waals surface area contributed by atoms with Crippen molar-refractivity contribution in [2.75, 3.05) is 26.6 Å². The van der Waals surface area contributed by atoms with Crippen molar-refractivity contribution in [1.82, 2.24) is 4.37 Å². The number of amides is 1. The average Bonchev–Trinajstić information content (AvgIpc) is 3.27. The Bertz CT molecular complexity index is 1110. The van der Waals surface area contributed by atoms with E-state index in [9.17, 15) is 4.79 Å². The molecular formula is C24H29N3O4S. The molecule has 170 valence electrons. The van der Waals surface area contributed by atoms with Crippen molar-refractivity contribution in [3.63, 3.8) is 0 Å². The molecule has 0 radical (unpaired) electrons. The largest absolute Gasteiger partial charge is 0.495 e. The molecule has 0 aliphatic rings. The molecule has 3 N–H and O–H groups in total. The van der Waals surface area contributed by atoms with Crippen LogP contribution in [-0.4, -0.2) is 37.7 Å². The zero-order chi connectivity index (χ0) is 23.4. The summed E-state index contributed by atoms with van der Waals surface area (Å²) in [4.78, 5) is 12.5. The van der Waals surface area contributed by atoms with Crippen LogP contribution >= 0.6 is 11.5 Å². The number of benzene rings is 2. The zero-order valence-corrected chi connectivity index (χ0v) is 20.0. The molecule has 1 atom stereocenters. The Balaban J connectivity index is 2.04. The van der Waals surface area contributed by atoms with Gasteiger partial charge in [0.05, 0.1) is 38.8 Å². The van der Waals surface area contributed by atoms with E-state index in [2.05, 4.69) is 9.69 Å². The lowest BCUT2D eigenvalue weighted by atomic mass is 9.99. The molecule has 7 nitrogen and oxygen atoms in total. The summed E-state index contributed by atoms with van der Waals surface area (Å²) in [5, 5.41) is 4.88. The third-order valence-corrected chi connectivity index (χ3v) is 5.93. The van der Waals surface area contributed by atoms with Crippen molar-refractivity contribution in [2.24, 2.45) is 11.7 Å². The summed E-state index contributed by atoms with van der Waals surface area (Å²) in [6.45, 7) is 5.79. The molecule has 3 aromatic rings. The van der Waals surface area contributed by atoms with E-state index in [0.29, 0.717) is 22.9 Å². The molecule has 8 heteroatoms. The first-order chi connectivity index (χ1) is 15.3. The van der Waals surface area contributed by atoms with Crippen molar-refractivity contribution in [3.8, 4) is 39.6 Å². The standard InChI is InChI=1S/C24H29N3O4S/c1-13(2)21(25)24(28)26-18-10-15(7-8-19(18)29-4)17-12-32-27-22(17)16-9-14(3)23(31-6)20(11-16)30-5/h7-13,21H,25H2,1-6H3,(H,26,28)/t21-/m0/s1. The molecule has 1 aromatic heterocycles. The van der Waals surface area contributed by atoms with Gasteiger partial charge in [-0.05, 0) is 59.8 Å². The summed E-state index contributed by atoms with van der Waals surface area (Å²) < 4.78 is 21.0. The van der Waals surface area contributed by atoms with Gasteiger partial charge in [-0.15, -0.1) is 0 Å². The van der Waals surface area contributed by atoms with Crippen molar-refractivity contribution in [1.29, 1.82) is 0 Å². The molecule has 32 heavy (non-hydrogen) atoms. The SMILES string of the molecule is COc1ccc(-c2csnc2-c2cc(C)c(OC)c(OC)c2)cc1NC(=O)[C@@H](N)C(C)C. The normalized spacial score (nSPS) is 11.9. The van der Waals surface area contributed by atoms with Crippen LogP contribution < -0.4 is 25.3 Å². The highest BCUT2D eigenvalue weighted by Crippen LogP contribution is 2.41. The number of ether oxygens (including phenoxy) is 3. The van der Waals surface area contributed by atoms with Crippen LogP contribution in [0.2, 0.25) is 0 Å². The second kappa shape index (κ2) is 10.0. The minimum absolute atomic E-state index is 0.0187. The van der Waals surface area contributed by atoms with E-state index in [1.807, 2.05) is 56.5 Å². The fourth-order valence-corrected chi connectivity index (χ4v) is 4.15. The van der Waals surface area contributed by atoms with Crippen LogP contribution in [0.15, 0.2) is 35.7 Å². The van der Waals surface area contributed by atoms with Gasteiger partial charge in [0.2, 0.25) is 5.91 Å². The maximum absolute atomic E-state index is 12.5. The van der Waals surface area contributed by atoms with Crippen molar-refractivity contribution in [3.05, 3.63) is 41.3 Å². The van der Waals surface area contributed by atoms with Gasteiger partial charge in [-0.25, -0.2) is 0 Å². The molecule has 0 aliphatic heterocycles. The van der Waals surface area contributed by atoms with Crippen LogP contribution in [0.4, 0.5) is 5.69 Å². The molecule has 0 bridgehead atoms. The van der Waals surface area contributed by atoms with Crippen molar-refractivity contribution >= 4 is 23.1 Å². The van der Waals surface area contributed by atoms with Crippen LogP contribution in [0, 0.1) is 12.8 Å². The third-order valence-electron chi connectivity index (χ3n) is 5.30. The van der Waals surface area contributed by atoms with E-state index < -0.39 is 6.04 Å². The maximum atomic E-state index is 12.5. The number of nitrogens with one attached hydrogen (secondary N) is 1. The van der Waals surface area contributed by atoms with Gasteiger partial charge < -0.3 is 25.3 Å². The number of carbonyl (C=O) groups excluding carboxylic acids is 1. The lowest BCUT2D eigenvalue weighted by molar-refractivity contribution is -0.118. The van der Waals surface area contributed by atoms with Gasteiger partial charge >= 0.3 is 0 Å². The van der Waals surface area contributed by atoms with Crippen LogP contribution in [0.25, 0.3) is 22.4 Å². The molecule has 0 unspecified atom stereocenters. The second-order valence-corrected chi connectivity index (χ2v) is 8.41. The molecule has 3 rings (SSSR count).